The number of para-hydroxylation sites is 1. The van der Waals surface area contributed by atoms with Crippen molar-refractivity contribution in [2.24, 2.45) is 0 Å². The molecule has 162 valence electrons. The maximum atomic E-state index is 12.5. The van der Waals surface area contributed by atoms with Crippen molar-refractivity contribution in [2.45, 2.75) is 20.0 Å². The number of quaternary nitrogens is 2. The first-order valence-corrected chi connectivity index (χ1v) is 10.9. The molecule has 3 heterocycles. The quantitative estimate of drug-likeness (QED) is 0.574. The number of piperazine rings is 1. The number of benzene rings is 2. The van der Waals surface area contributed by atoms with E-state index in [1.807, 2.05) is 37.3 Å². The minimum absolute atomic E-state index is 0.310. The van der Waals surface area contributed by atoms with Crippen molar-refractivity contribution >= 4 is 16.9 Å². The van der Waals surface area contributed by atoms with Gasteiger partial charge in [-0.3, -0.25) is 0 Å². The van der Waals surface area contributed by atoms with Gasteiger partial charge < -0.3 is 28.4 Å². The van der Waals surface area contributed by atoms with Crippen LogP contribution in [0.3, 0.4) is 0 Å². The first kappa shape index (κ1) is 19.9. The molecule has 2 aliphatic heterocycles. The van der Waals surface area contributed by atoms with Crippen LogP contribution in [0.25, 0.3) is 11.0 Å². The summed E-state index contributed by atoms with van der Waals surface area (Å²) in [7, 11) is 0. The molecule has 2 aromatic carbocycles. The predicted octanol–water partition coefficient (Wildman–Crippen LogP) is 0.822. The summed E-state index contributed by atoms with van der Waals surface area (Å²) >= 11 is 0. The lowest BCUT2D eigenvalue weighted by Gasteiger charge is -2.29. The molecule has 0 atom stereocenters. The zero-order chi connectivity index (χ0) is 21.2. The number of rotatable bonds is 6. The van der Waals surface area contributed by atoms with Crippen LogP contribution in [0.4, 0.5) is 0 Å². The Kier molecular flexibility index (Phi) is 5.53. The molecule has 1 saturated heterocycles. The standard InChI is InChI=1S/C24H26N2O5/c1-2-28-24(27)23-19(18-5-3-4-6-20(18)31-23)15-26-11-9-25(10-12-26)14-17-7-8-21-22(13-17)30-16-29-21/h3-8,13H,2,9-12,14-16H2,1H3/p+2. The molecule has 2 N–H and O–H groups in total. The van der Waals surface area contributed by atoms with Crippen molar-refractivity contribution in [1.29, 1.82) is 0 Å². The lowest BCUT2D eigenvalue weighted by atomic mass is 10.1. The van der Waals surface area contributed by atoms with Gasteiger partial charge in [-0.2, -0.15) is 0 Å². The van der Waals surface area contributed by atoms with Gasteiger partial charge in [0.15, 0.2) is 11.5 Å². The molecule has 1 fully saturated rings. The summed E-state index contributed by atoms with van der Waals surface area (Å²) < 4.78 is 22.0. The summed E-state index contributed by atoms with van der Waals surface area (Å²) in [5.41, 5.74) is 2.98. The summed E-state index contributed by atoms with van der Waals surface area (Å²) in [6.07, 6.45) is 0. The number of esters is 1. The molecule has 3 aromatic rings. The largest absolute Gasteiger partial charge is 0.460 e. The average Bonchev–Trinajstić information content (AvgIpc) is 3.40. The van der Waals surface area contributed by atoms with E-state index >= 15 is 0 Å². The van der Waals surface area contributed by atoms with E-state index in [2.05, 4.69) is 12.1 Å². The molecule has 0 aliphatic carbocycles. The average molecular weight is 424 g/mol. The number of carbonyl (C=O) groups is 1. The number of nitrogens with one attached hydrogen (secondary N) is 2. The second-order valence-corrected chi connectivity index (χ2v) is 8.17. The highest BCUT2D eigenvalue weighted by molar-refractivity contribution is 5.96. The van der Waals surface area contributed by atoms with Gasteiger partial charge in [0.25, 0.3) is 0 Å². The van der Waals surface area contributed by atoms with Gasteiger partial charge in [-0.25, -0.2) is 4.79 Å². The maximum Gasteiger partial charge on any atom is 0.374 e. The first-order chi connectivity index (χ1) is 15.2. The fraction of sp³-hybridized carbons (Fsp3) is 0.375. The van der Waals surface area contributed by atoms with Gasteiger partial charge in [-0.1, -0.05) is 18.2 Å². The van der Waals surface area contributed by atoms with Crippen LogP contribution >= 0.6 is 0 Å². The van der Waals surface area contributed by atoms with E-state index < -0.39 is 0 Å². The number of hydrogen-bond acceptors (Lipinski definition) is 5. The molecule has 5 rings (SSSR count). The minimum atomic E-state index is -0.375. The summed E-state index contributed by atoms with van der Waals surface area (Å²) in [6.45, 7) is 8.45. The van der Waals surface area contributed by atoms with Crippen molar-refractivity contribution in [1.82, 2.24) is 0 Å². The number of carbonyl (C=O) groups excluding carboxylic acids is 1. The Bertz CT molecular complexity index is 1080. The second kappa shape index (κ2) is 8.61. The van der Waals surface area contributed by atoms with E-state index in [1.54, 1.807) is 4.90 Å². The van der Waals surface area contributed by atoms with Gasteiger partial charge in [0.1, 0.15) is 44.9 Å². The van der Waals surface area contributed by atoms with Crippen molar-refractivity contribution in [2.75, 3.05) is 39.6 Å². The fourth-order valence-corrected chi connectivity index (χ4v) is 4.54. The smallest absolute Gasteiger partial charge is 0.374 e. The van der Waals surface area contributed by atoms with Crippen molar-refractivity contribution in [3.05, 3.63) is 59.4 Å². The highest BCUT2D eigenvalue weighted by Crippen LogP contribution is 2.32. The van der Waals surface area contributed by atoms with Gasteiger partial charge in [-0.05, 0) is 31.2 Å². The molecule has 0 unspecified atom stereocenters. The molecule has 0 spiro atoms. The van der Waals surface area contributed by atoms with E-state index in [1.165, 1.54) is 10.5 Å². The van der Waals surface area contributed by atoms with Crippen LogP contribution in [0.15, 0.2) is 46.9 Å². The zero-order valence-corrected chi connectivity index (χ0v) is 17.7. The first-order valence-electron chi connectivity index (χ1n) is 10.9. The van der Waals surface area contributed by atoms with Gasteiger partial charge >= 0.3 is 5.97 Å². The van der Waals surface area contributed by atoms with Crippen LogP contribution in [-0.4, -0.2) is 45.5 Å². The minimum Gasteiger partial charge on any atom is -0.460 e. The third-order valence-corrected chi connectivity index (χ3v) is 6.14. The zero-order valence-electron chi connectivity index (χ0n) is 17.7. The van der Waals surface area contributed by atoms with E-state index in [-0.39, 0.29) is 5.97 Å². The maximum absolute atomic E-state index is 12.5. The normalized spacial score (nSPS) is 20.2. The van der Waals surface area contributed by atoms with Crippen molar-refractivity contribution < 1.29 is 33.2 Å². The summed E-state index contributed by atoms with van der Waals surface area (Å²) in [6, 6.07) is 14.1. The molecule has 0 saturated carbocycles. The van der Waals surface area contributed by atoms with Crippen LogP contribution in [0, 0.1) is 0 Å². The molecule has 7 nitrogen and oxygen atoms in total. The Morgan fingerprint density at radius 2 is 1.71 bits per heavy atom. The highest BCUT2D eigenvalue weighted by Gasteiger charge is 2.29. The van der Waals surface area contributed by atoms with Gasteiger partial charge in [0.2, 0.25) is 12.6 Å². The Hall–Kier alpha value is -3.03. The molecule has 0 amide bonds. The Labute approximate surface area is 181 Å². The molecular formula is C24H28N2O5+2. The third kappa shape index (κ3) is 4.11. The molecule has 2 aliphatic rings. The van der Waals surface area contributed by atoms with Crippen LogP contribution < -0.4 is 19.3 Å². The SMILES string of the molecule is CCOC(=O)c1oc2ccccc2c1C[NH+]1CC[NH+](Cc2ccc3c(c2)OCO3)CC1. The lowest BCUT2D eigenvalue weighted by Crippen LogP contribution is -3.27. The van der Waals surface area contributed by atoms with Gasteiger partial charge in [-0.15, -0.1) is 0 Å². The van der Waals surface area contributed by atoms with E-state index in [9.17, 15) is 4.79 Å². The molecule has 31 heavy (non-hydrogen) atoms. The summed E-state index contributed by atoms with van der Waals surface area (Å²) in [5, 5.41) is 1.01. The number of hydrogen-bond donors (Lipinski definition) is 2. The third-order valence-electron chi connectivity index (χ3n) is 6.14. The molecular weight excluding hydrogens is 396 g/mol. The number of furan rings is 1. The van der Waals surface area contributed by atoms with Crippen LogP contribution in [0.1, 0.15) is 28.6 Å². The second-order valence-electron chi connectivity index (χ2n) is 8.17. The molecule has 0 bridgehead atoms. The topological polar surface area (TPSA) is 66.8 Å². The number of fused-ring (bicyclic) bond motifs is 2. The number of ether oxygens (including phenoxy) is 3. The summed E-state index contributed by atoms with van der Waals surface area (Å²) in [5.74, 6) is 1.66. The monoisotopic (exact) mass is 424 g/mol. The Balaban J connectivity index is 1.25. The van der Waals surface area contributed by atoms with E-state index in [0.29, 0.717) is 19.2 Å². The van der Waals surface area contributed by atoms with Crippen LogP contribution in [0.2, 0.25) is 0 Å². The molecule has 7 heteroatoms. The van der Waals surface area contributed by atoms with Crippen LogP contribution in [-0.2, 0) is 17.8 Å². The Morgan fingerprint density at radius 3 is 2.52 bits per heavy atom. The lowest BCUT2D eigenvalue weighted by molar-refractivity contribution is -1.02. The Morgan fingerprint density at radius 1 is 0.968 bits per heavy atom. The van der Waals surface area contributed by atoms with Gasteiger partial charge in [0, 0.05) is 10.9 Å². The van der Waals surface area contributed by atoms with Crippen molar-refractivity contribution in [3.63, 3.8) is 0 Å². The van der Waals surface area contributed by atoms with Gasteiger partial charge in [0.05, 0.1) is 12.2 Å². The fourth-order valence-electron chi connectivity index (χ4n) is 4.54. The molecule has 1 aromatic heterocycles. The highest BCUT2D eigenvalue weighted by atomic mass is 16.7. The van der Waals surface area contributed by atoms with Crippen molar-refractivity contribution in [3.8, 4) is 11.5 Å². The van der Waals surface area contributed by atoms with E-state index in [4.69, 9.17) is 18.6 Å². The van der Waals surface area contributed by atoms with E-state index in [0.717, 1.165) is 67.3 Å². The molecule has 0 radical (unpaired) electrons. The predicted molar refractivity (Wildman–Crippen MR) is 114 cm³/mol. The van der Waals surface area contributed by atoms with Crippen LogP contribution in [0.5, 0.6) is 11.5 Å². The summed E-state index contributed by atoms with van der Waals surface area (Å²) in [4.78, 5) is 15.5.